The molecule has 3 aromatic rings. The Morgan fingerprint density at radius 1 is 1.21 bits per heavy atom. The number of ether oxygens (including phenoxy) is 1. The van der Waals surface area contributed by atoms with Crippen molar-refractivity contribution >= 4 is 34.7 Å². The highest BCUT2D eigenvalue weighted by Crippen LogP contribution is 2.14. The summed E-state index contributed by atoms with van der Waals surface area (Å²) < 4.78 is 5.19. The molecule has 0 radical (unpaired) electrons. The van der Waals surface area contributed by atoms with Crippen molar-refractivity contribution in [2.45, 2.75) is 26.9 Å². The third-order valence-corrected chi connectivity index (χ3v) is 4.80. The molecule has 0 spiro atoms. The van der Waals surface area contributed by atoms with Crippen molar-refractivity contribution in [1.29, 1.82) is 0 Å². The fraction of sp³-hybridized carbons (Fsp3) is 0.200. The van der Waals surface area contributed by atoms with Gasteiger partial charge in [0.05, 0.1) is 12.1 Å². The van der Waals surface area contributed by atoms with Gasteiger partial charge >= 0.3 is 5.97 Å². The van der Waals surface area contributed by atoms with Gasteiger partial charge in [-0.15, -0.1) is 11.3 Å². The van der Waals surface area contributed by atoms with Crippen molar-refractivity contribution in [3.63, 3.8) is 0 Å². The molecule has 1 amide bonds. The third kappa shape index (κ3) is 5.14. The molecule has 2 aromatic heterocycles. The smallest absolute Gasteiger partial charge is 0.355 e. The minimum atomic E-state index is -0.570. The van der Waals surface area contributed by atoms with Crippen LogP contribution in [0.25, 0.3) is 0 Å². The molecular formula is C20H19N3O4S. The van der Waals surface area contributed by atoms with Crippen LogP contribution in [0, 0.1) is 6.92 Å². The number of nitrogens with one attached hydrogen (secondary N) is 2. The van der Waals surface area contributed by atoms with E-state index in [-0.39, 0.29) is 30.4 Å². The van der Waals surface area contributed by atoms with Crippen LogP contribution in [0.4, 0.5) is 5.69 Å². The average Bonchev–Trinajstić information content (AvgIpc) is 3.31. The molecule has 144 valence electrons. The van der Waals surface area contributed by atoms with Crippen molar-refractivity contribution in [3.05, 3.63) is 69.4 Å². The van der Waals surface area contributed by atoms with E-state index in [0.29, 0.717) is 16.3 Å². The van der Waals surface area contributed by atoms with Crippen LogP contribution in [0.5, 0.6) is 0 Å². The minimum Gasteiger partial charge on any atom is -0.454 e. The molecule has 0 aliphatic heterocycles. The second-order valence-electron chi connectivity index (χ2n) is 6.26. The van der Waals surface area contributed by atoms with E-state index in [1.54, 1.807) is 5.38 Å². The van der Waals surface area contributed by atoms with Crippen LogP contribution < -0.4 is 5.32 Å². The number of benzene rings is 1. The van der Waals surface area contributed by atoms with Crippen LogP contribution in [0.1, 0.15) is 44.0 Å². The summed E-state index contributed by atoms with van der Waals surface area (Å²) in [5, 5.41) is 5.20. The number of thiazole rings is 1. The molecule has 28 heavy (non-hydrogen) atoms. The van der Waals surface area contributed by atoms with Gasteiger partial charge < -0.3 is 15.0 Å². The molecule has 0 fully saturated rings. The quantitative estimate of drug-likeness (QED) is 0.469. The Hall–Kier alpha value is -3.26. The maximum Gasteiger partial charge on any atom is 0.355 e. The van der Waals surface area contributed by atoms with E-state index < -0.39 is 5.97 Å². The van der Waals surface area contributed by atoms with E-state index >= 15 is 0 Å². The number of hydrogen-bond donors (Lipinski definition) is 2. The van der Waals surface area contributed by atoms with Gasteiger partial charge in [0.1, 0.15) is 17.3 Å². The van der Waals surface area contributed by atoms with E-state index in [2.05, 4.69) is 15.3 Å². The van der Waals surface area contributed by atoms with E-state index in [9.17, 15) is 14.4 Å². The van der Waals surface area contributed by atoms with E-state index in [4.69, 9.17) is 4.74 Å². The van der Waals surface area contributed by atoms with Crippen molar-refractivity contribution in [2.24, 2.45) is 0 Å². The highest BCUT2D eigenvalue weighted by Gasteiger charge is 2.14. The van der Waals surface area contributed by atoms with Gasteiger partial charge in [-0.05, 0) is 32.0 Å². The van der Waals surface area contributed by atoms with Crippen molar-refractivity contribution in [3.8, 4) is 0 Å². The van der Waals surface area contributed by atoms with Crippen LogP contribution in [0.3, 0.4) is 0 Å². The molecule has 0 unspecified atom stereocenters. The third-order valence-electron chi connectivity index (χ3n) is 3.91. The van der Waals surface area contributed by atoms with E-state index in [0.717, 1.165) is 11.3 Å². The number of aryl methyl sites for hydroxylation is 1. The molecule has 0 aliphatic rings. The van der Waals surface area contributed by atoms with Crippen LogP contribution in [0.15, 0.2) is 41.9 Å². The van der Waals surface area contributed by atoms with E-state index in [1.807, 2.05) is 31.2 Å². The van der Waals surface area contributed by atoms with Crippen molar-refractivity contribution in [1.82, 2.24) is 9.97 Å². The first kappa shape index (κ1) is 19.5. The number of carbonyl (C=O) groups excluding carboxylic acids is 3. The number of aromatic nitrogens is 2. The van der Waals surface area contributed by atoms with Crippen LogP contribution in [-0.4, -0.2) is 27.6 Å². The molecule has 0 atom stereocenters. The van der Waals surface area contributed by atoms with Crippen LogP contribution in [-0.2, 0) is 22.6 Å². The Bertz CT molecular complexity index is 1000. The van der Waals surface area contributed by atoms with Crippen molar-refractivity contribution in [2.75, 3.05) is 5.32 Å². The Kier molecular flexibility index (Phi) is 6.00. The van der Waals surface area contributed by atoms with Gasteiger partial charge in [0.15, 0.2) is 5.78 Å². The molecule has 0 aliphatic carbocycles. The number of hydrogen-bond acceptors (Lipinski definition) is 6. The van der Waals surface area contributed by atoms with Gasteiger partial charge in [0.25, 0.3) is 0 Å². The summed E-state index contributed by atoms with van der Waals surface area (Å²) in [6.07, 6.45) is 1.61. The lowest BCUT2D eigenvalue weighted by Gasteiger charge is -2.04. The fourth-order valence-electron chi connectivity index (χ4n) is 2.41. The first-order valence-corrected chi connectivity index (χ1v) is 9.45. The average molecular weight is 397 g/mol. The van der Waals surface area contributed by atoms with Gasteiger partial charge in [-0.2, -0.15) is 0 Å². The van der Waals surface area contributed by atoms with Crippen LogP contribution in [0.2, 0.25) is 0 Å². The lowest BCUT2D eigenvalue weighted by Crippen LogP contribution is -2.14. The van der Waals surface area contributed by atoms with Crippen LogP contribution >= 0.6 is 11.3 Å². The van der Waals surface area contributed by atoms with Gasteiger partial charge in [-0.1, -0.05) is 17.7 Å². The SMILES string of the molecule is CC(=O)c1c[nH]c(C(=O)OCc2csc(CC(=O)Nc3ccc(C)cc3)n2)c1. The number of carbonyl (C=O) groups is 3. The Labute approximate surface area is 165 Å². The summed E-state index contributed by atoms with van der Waals surface area (Å²) in [5.74, 6) is -0.868. The van der Waals surface area contributed by atoms with Gasteiger partial charge in [0.2, 0.25) is 5.91 Å². The maximum absolute atomic E-state index is 12.1. The lowest BCUT2D eigenvalue weighted by molar-refractivity contribution is -0.115. The summed E-state index contributed by atoms with van der Waals surface area (Å²) in [7, 11) is 0. The zero-order valence-electron chi connectivity index (χ0n) is 15.4. The normalized spacial score (nSPS) is 10.5. The van der Waals surface area contributed by atoms with Gasteiger partial charge in [-0.25, -0.2) is 9.78 Å². The zero-order valence-corrected chi connectivity index (χ0v) is 16.3. The fourth-order valence-corrected chi connectivity index (χ4v) is 3.19. The number of anilines is 1. The number of H-pyrrole nitrogens is 1. The van der Waals surface area contributed by atoms with Gasteiger partial charge in [-0.3, -0.25) is 9.59 Å². The molecule has 1 aromatic carbocycles. The maximum atomic E-state index is 12.1. The number of nitrogens with zero attached hydrogens (tertiary/aromatic N) is 1. The summed E-state index contributed by atoms with van der Waals surface area (Å²) in [6.45, 7) is 3.39. The largest absolute Gasteiger partial charge is 0.454 e. The molecule has 2 N–H and O–H groups in total. The lowest BCUT2D eigenvalue weighted by atomic mass is 10.2. The molecule has 7 nitrogen and oxygen atoms in total. The Morgan fingerprint density at radius 3 is 2.64 bits per heavy atom. The summed E-state index contributed by atoms with van der Waals surface area (Å²) >= 11 is 1.33. The molecule has 0 bridgehead atoms. The van der Waals surface area contributed by atoms with Crippen molar-refractivity contribution < 1.29 is 19.1 Å². The predicted molar refractivity (Wildman–Crippen MR) is 106 cm³/mol. The Balaban J connectivity index is 1.50. The monoisotopic (exact) mass is 397 g/mol. The zero-order chi connectivity index (χ0) is 20.1. The summed E-state index contributed by atoms with van der Waals surface area (Å²) in [5.41, 5.74) is 3.04. The molecular weight excluding hydrogens is 378 g/mol. The summed E-state index contributed by atoms with van der Waals surface area (Å²) in [4.78, 5) is 42.4. The number of ketones is 1. The second-order valence-corrected chi connectivity index (χ2v) is 7.20. The minimum absolute atomic E-state index is 0.0106. The second kappa shape index (κ2) is 8.62. The molecule has 3 rings (SSSR count). The molecule has 2 heterocycles. The summed E-state index contributed by atoms with van der Waals surface area (Å²) in [6, 6.07) is 8.99. The highest BCUT2D eigenvalue weighted by molar-refractivity contribution is 7.09. The van der Waals surface area contributed by atoms with Gasteiger partial charge in [0, 0.05) is 22.8 Å². The molecule has 0 saturated carbocycles. The van der Waals surface area contributed by atoms with E-state index in [1.165, 1.54) is 30.5 Å². The number of Topliss-reactive ketones (excluding diaryl/α,β-unsaturated/α-hetero) is 1. The predicted octanol–water partition coefficient (Wildman–Crippen LogP) is 3.52. The Morgan fingerprint density at radius 2 is 1.96 bits per heavy atom. The number of esters is 1. The standard InChI is InChI=1S/C20H19N3O4S/c1-12-3-5-15(6-4-12)22-18(25)8-19-23-16(11-28-19)10-27-20(26)17-7-14(9-21-17)13(2)24/h3-7,9,11,21H,8,10H2,1-2H3,(H,22,25). The number of aromatic amines is 1. The number of rotatable bonds is 7. The molecule has 8 heteroatoms. The first-order valence-electron chi connectivity index (χ1n) is 8.57. The highest BCUT2D eigenvalue weighted by atomic mass is 32.1. The number of amides is 1. The topological polar surface area (TPSA) is 101 Å². The first-order chi connectivity index (χ1) is 13.4. The molecule has 0 saturated heterocycles.